The number of ether oxygens (including phenoxy) is 1. The van der Waals surface area contributed by atoms with E-state index in [0.29, 0.717) is 39.3 Å². The van der Waals surface area contributed by atoms with Gasteiger partial charge >= 0.3 is 6.09 Å². The highest BCUT2D eigenvalue weighted by Crippen LogP contribution is 2.19. The Morgan fingerprint density at radius 2 is 1.54 bits per heavy atom. The van der Waals surface area contributed by atoms with E-state index < -0.39 is 5.60 Å². The third-order valence-corrected chi connectivity index (χ3v) is 4.68. The Kier molecular flexibility index (Phi) is 7.10. The van der Waals surface area contributed by atoms with Crippen molar-refractivity contribution in [1.82, 2.24) is 14.7 Å². The van der Waals surface area contributed by atoms with Crippen LogP contribution in [0.15, 0.2) is 30.3 Å². The third kappa shape index (κ3) is 6.82. The highest BCUT2D eigenvalue weighted by Gasteiger charge is 2.30. The molecule has 28 heavy (non-hydrogen) atoms. The fourth-order valence-corrected chi connectivity index (χ4v) is 3.16. The minimum absolute atomic E-state index is 0.113. The second-order valence-electron chi connectivity index (χ2n) is 9.38. The summed E-state index contributed by atoms with van der Waals surface area (Å²) in [5.41, 5.74) is 0.376. The van der Waals surface area contributed by atoms with Crippen molar-refractivity contribution in [1.29, 1.82) is 0 Å². The molecule has 0 N–H and O–H groups in total. The molecule has 1 fully saturated rings. The topological polar surface area (TPSA) is 53.1 Å². The van der Waals surface area contributed by atoms with Crippen LogP contribution < -0.4 is 0 Å². The summed E-state index contributed by atoms with van der Waals surface area (Å²) in [6.45, 7) is 15.3. The van der Waals surface area contributed by atoms with Crippen LogP contribution in [0.5, 0.6) is 0 Å². The van der Waals surface area contributed by atoms with E-state index in [-0.39, 0.29) is 17.5 Å². The quantitative estimate of drug-likeness (QED) is 0.792. The highest BCUT2D eigenvalue weighted by atomic mass is 16.6. The van der Waals surface area contributed by atoms with Crippen molar-refractivity contribution in [2.24, 2.45) is 0 Å². The van der Waals surface area contributed by atoms with Gasteiger partial charge in [0.15, 0.2) is 0 Å². The molecule has 0 atom stereocenters. The van der Waals surface area contributed by atoms with Gasteiger partial charge in [-0.3, -0.25) is 9.69 Å². The number of carbonyl (C=O) groups is 2. The largest absolute Gasteiger partial charge is 0.444 e. The van der Waals surface area contributed by atoms with E-state index in [9.17, 15) is 9.59 Å². The summed E-state index contributed by atoms with van der Waals surface area (Å²) in [6, 6.07) is 10.1. The van der Waals surface area contributed by atoms with E-state index in [0.717, 1.165) is 5.56 Å². The number of amides is 2. The van der Waals surface area contributed by atoms with E-state index in [1.54, 1.807) is 4.90 Å². The zero-order chi connectivity index (χ0) is 20.9. The molecular weight excluding hydrogens is 354 g/mol. The van der Waals surface area contributed by atoms with Crippen LogP contribution in [0.1, 0.15) is 47.1 Å². The molecule has 0 saturated carbocycles. The third-order valence-electron chi connectivity index (χ3n) is 4.68. The number of piperazine rings is 1. The van der Waals surface area contributed by atoms with Gasteiger partial charge in [0, 0.05) is 38.3 Å². The molecule has 2 rings (SSSR count). The molecule has 0 bridgehead atoms. The molecule has 0 radical (unpaired) electrons. The van der Waals surface area contributed by atoms with Crippen molar-refractivity contribution in [2.75, 3.05) is 32.7 Å². The SMILES string of the molecule is CC(C)(C)OC(=O)N1CCN(CC(=O)N(Cc2ccccc2)C(C)(C)C)CC1. The normalized spacial score (nSPS) is 16.0. The van der Waals surface area contributed by atoms with Gasteiger partial charge in [0.25, 0.3) is 0 Å². The van der Waals surface area contributed by atoms with Crippen LogP contribution in [-0.2, 0) is 16.1 Å². The fourth-order valence-electron chi connectivity index (χ4n) is 3.16. The summed E-state index contributed by atoms with van der Waals surface area (Å²) in [5, 5.41) is 0. The van der Waals surface area contributed by atoms with Crippen LogP contribution >= 0.6 is 0 Å². The van der Waals surface area contributed by atoms with Crippen molar-refractivity contribution in [2.45, 2.75) is 59.2 Å². The average molecular weight is 390 g/mol. The minimum atomic E-state index is -0.491. The lowest BCUT2D eigenvalue weighted by Gasteiger charge is -2.39. The Morgan fingerprint density at radius 1 is 0.964 bits per heavy atom. The molecule has 1 aromatic rings. The fraction of sp³-hybridized carbons (Fsp3) is 0.636. The smallest absolute Gasteiger partial charge is 0.410 e. The first kappa shape index (κ1) is 22.2. The standard InChI is InChI=1S/C22H35N3O3/c1-21(2,3)25(16-18-10-8-7-9-11-18)19(26)17-23-12-14-24(15-13-23)20(27)28-22(4,5)6/h7-11H,12-17H2,1-6H3. The lowest BCUT2D eigenvalue weighted by molar-refractivity contribution is -0.138. The molecule has 1 aliphatic rings. The van der Waals surface area contributed by atoms with E-state index in [1.165, 1.54) is 0 Å². The Morgan fingerprint density at radius 3 is 2.04 bits per heavy atom. The summed E-state index contributed by atoms with van der Waals surface area (Å²) in [7, 11) is 0. The van der Waals surface area contributed by atoms with E-state index in [1.807, 2.05) is 56.0 Å². The average Bonchev–Trinajstić information content (AvgIpc) is 2.58. The molecule has 0 aliphatic carbocycles. The molecule has 1 saturated heterocycles. The van der Waals surface area contributed by atoms with Crippen LogP contribution in [0, 0.1) is 0 Å². The summed E-state index contributed by atoms with van der Waals surface area (Å²) in [5.74, 6) is 0.113. The molecule has 6 heteroatoms. The number of rotatable bonds is 4. The summed E-state index contributed by atoms with van der Waals surface area (Å²) in [4.78, 5) is 31.0. The first-order chi connectivity index (χ1) is 13.0. The van der Waals surface area contributed by atoms with E-state index in [2.05, 4.69) is 25.7 Å². The van der Waals surface area contributed by atoms with Crippen LogP contribution in [0.4, 0.5) is 4.79 Å². The Hall–Kier alpha value is -2.08. The molecule has 1 aromatic carbocycles. The van der Waals surface area contributed by atoms with Crippen molar-refractivity contribution in [3.63, 3.8) is 0 Å². The molecule has 1 heterocycles. The number of hydrogen-bond acceptors (Lipinski definition) is 4. The molecule has 0 spiro atoms. The Bertz CT molecular complexity index is 654. The van der Waals surface area contributed by atoms with Crippen LogP contribution in [0.2, 0.25) is 0 Å². The first-order valence-electron chi connectivity index (χ1n) is 10.0. The maximum atomic E-state index is 13.0. The van der Waals surface area contributed by atoms with Crippen LogP contribution in [0.3, 0.4) is 0 Å². The van der Waals surface area contributed by atoms with Gasteiger partial charge in [0.2, 0.25) is 5.91 Å². The highest BCUT2D eigenvalue weighted by molar-refractivity contribution is 5.79. The van der Waals surface area contributed by atoms with Crippen molar-refractivity contribution in [3.8, 4) is 0 Å². The van der Waals surface area contributed by atoms with Crippen LogP contribution in [-0.4, -0.2) is 70.6 Å². The Balaban J connectivity index is 1.91. The van der Waals surface area contributed by atoms with E-state index in [4.69, 9.17) is 4.74 Å². The van der Waals surface area contributed by atoms with Gasteiger partial charge < -0.3 is 14.5 Å². The number of benzene rings is 1. The molecular formula is C22H35N3O3. The molecule has 156 valence electrons. The number of carbonyl (C=O) groups excluding carboxylic acids is 2. The van der Waals surface area contributed by atoms with Gasteiger partial charge in [-0.05, 0) is 47.1 Å². The van der Waals surface area contributed by atoms with Crippen LogP contribution in [0.25, 0.3) is 0 Å². The second kappa shape index (κ2) is 8.95. The molecule has 1 aliphatic heterocycles. The van der Waals surface area contributed by atoms with Gasteiger partial charge in [0.1, 0.15) is 5.60 Å². The number of hydrogen-bond donors (Lipinski definition) is 0. The molecule has 0 unspecified atom stereocenters. The lowest BCUT2D eigenvalue weighted by Crippen LogP contribution is -2.54. The number of nitrogens with zero attached hydrogens (tertiary/aromatic N) is 3. The second-order valence-corrected chi connectivity index (χ2v) is 9.38. The van der Waals surface area contributed by atoms with E-state index >= 15 is 0 Å². The van der Waals surface area contributed by atoms with Crippen molar-refractivity contribution >= 4 is 12.0 Å². The molecule has 6 nitrogen and oxygen atoms in total. The predicted molar refractivity (Wildman–Crippen MR) is 111 cm³/mol. The van der Waals surface area contributed by atoms with Gasteiger partial charge in [-0.15, -0.1) is 0 Å². The zero-order valence-corrected chi connectivity index (χ0v) is 18.2. The summed E-state index contributed by atoms with van der Waals surface area (Å²) in [6.07, 6.45) is -0.279. The summed E-state index contributed by atoms with van der Waals surface area (Å²) >= 11 is 0. The molecule has 2 amide bonds. The zero-order valence-electron chi connectivity index (χ0n) is 18.2. The monoisotopic (exact) mass is 389 g/mol. The van der Waals surface area contributed by atoms with Gasteiger partial charge in [-0.1, -0.05) is 30.3 Å². The van der Waals surface area contributed by atoms with Crippen molar-refractivity contribution < 1.29 is 14.3 Å². The first-order valence-corrected chi connectivity index (χ1v) is 10.0. The summed E-state index contributed by atoms with van der Waals surface area (Å²) < 4.78 is 5.44. The maximum Gasteiger partial charge on any atom is 0.410 e. The maximum absolute atomic E-state index is 13.0. The Labute approximate surface area is 169 Å². The lowest BCUT2D eigenvalue weighted by atomic mass is 10.0. The predicted octanol–water partition coefficient (Wildman–Crippen LogP) is 3.37. The van der Waals surface area contributed by atoms with Gasteiger partial charge in [-0.25, -0.2) is 4.79 Å². The van der Waals surface area contributed by atoms with Gasteiger partial charge in [0.05, 0.1) is 6.54 Å². The van der Waals surface area contributed by atoms with Crippen molar-refractivity contribution in [3.05, 3.63) is 35.9 Å². The minimum Gasteiger partial charge on any atom is -0.444 e. The van der Waals surface area contributed by atoms with Gasteiger partial charge in [-0.2, -0.15) is 0 Å². The molecule has 0 aromatic heterocycles.